The van der Waals surface area contributed by atoms with E-state index in [1.807, 2.05) is 35.2 Å². The molecule has 0 aliphatic carbocycles. The quantitative estimate of drug-likeness (QED) is 0.448. The van der Waals surface area contributed by atoms with Crippen molar-refractivity contribution in [3.05, 3.63) is 71.3 Å². The molecule has 164 valence electrons. The van der Waals surface area contributed by atoms with Crippen molar-refractivity contribution in [2.75, 3.05) is 33.7 Å². The molecule has 7 nitrogen and oxygen atoms in total. The van der Waals surface area contributed by atoms with Crippen molar-refractivity contribution in [1.29, 1.82) is 0 Å². The number of rotatable bonds is 8. The van der Waals surface area contributed by atoms with Crippen LogP contribution in [0.4, 0.5) is 0 Å². The molecule has 1 heterocycles. The molecule has 2 aromatic carbocycles. The van der Waals surface area contributed by atoms with Crippen LogP contribution in [0.1, 0.15) is 27.9 Å². The molecule has 0 spiro atoms. The fourth-order valence-corrected chi connectivity index (χ4v) is 3.68. The highest BCUT2D eigenvalue weighted by atomic mass is 16.2. The molecular formula is C24H31N5O2. The molecule has 3 rings (SSSR count). The molecule has 1 fully saturated rings. The molecule has 7 heteroatoms. The van der Waals surface area contributed by atoms with Crippen LogP contribution >= 0.6 is 0 Å². The Morgan fingerprint density at radius 2 is 1.81 bits per heavy atom. The fourth-order valence-electron chi connectivity index (χ4n) is 3.68. The van der Waals surface area contributed by atoms with E-state index in [9.17, 15) is 9.59 Å². The Labute approximate surface area is 183 Å². The molecule has 31 heavy (non-hydrogen) atoms. The number of benzene rings is 2. The van der Waals surface area contributed by atoms with Crippen molar-refractivity contribution in [2.24, 2.45) is 10.9 Å². The molecule has 0 radical (unpaired) electrons. The van der Waals surface area contributed by atoms with Crippen LogP contribution in [0.25, 0.3) is 0 Å². The van der Waals surface area contributed by atoms with E-state index in [4.69, 9.17) is 0 Å². The maximum atomic E-state index is 12.4. The van der Waals surface area contributed by atoms with Gasteiger partial charge in [0.15, 0.2) is 5.96 Å². The zero-order valence-electron chi connectivity index (χ0n) is 18.2. The van der Waals surface area contributed by atoms with Gasteiger partial charge in [-0.15, -0.1) is 0 Å². The van der Waals surface area contributed by atoms with Crippen LogP contribution in [0.15, 0.2) is 59.6 Å². The van der Waals surface area contributed by atoms with E-state index in [-0.39, 0.29) is 17.7 Å². The monoisotopic (exact) mass is 421 g/mol. The summed E-state index contributed by atoms with van der Waals surface area (Å²) in [6.45, 7) is 2.83. The smallest absolute Gasteiger partial charge is 0.251 e. The van der Waals surface area contributed by atoms with Gasteiger partial charge in [-0.2, -0.15) is 0 Å². The zero-order chi connectivity index (χ0) is 22.1. The first-order valence-electron chi connectivity index (χ1n) is 10.7. The largest absolute Gasteiger partial charge is 0.356 e. The molecule has 3 N–H and O–H groups in total. The second-order valence-corrected chi connectivity index (χ2v) is 7.73. The second kappa shape index (κ2) is 11.2. The lowest BCUT2D eigenvalue weighted by atomic mass is 10.1. The van der Waals surface area contributed by atoms with Crippen LogP contribution in [0.5, 0.6) is 0 Å². The Morgan fingerprint density at radius 1 is 1.06 bits per heavy atom. The summed E-state index contributed by atoms with van der Waals surface area (Å²) in [5.74, 6) is 1.10. The van der Waals surface area contributed by atoms with Crippen molar-refractivity contribution in [2.45, 2.75) is 19.4 Å². The van der Waals surface area contributed by atoms with E-state index in [2.05, 4.69) is 33.1 Å². The molecule has 2 amide bonds. The highest BCUT2D eigenvalue weighted by molar-refractivity contribution is 5.93. The first-order chi connectivity index (χ1) is 15.1. The van der Waals surface area contributed by atoms with Crippen molar-refractivity contribution >= 4 is 17.8 Å². The number of hydrogen-bond donors (Lipinski definition) is 3. The summed E-state index contributed by atoms with van der Waals surface area (Å²) >= 11 is 0. The topological polar surface area (TPSA) is 85.8 Å². The predicted molar refractivity (Wildman–Crippen MR) is 123 cm³/mol. The summed E-state index contributed by atoms with van der Waals surface area (Å²) < 4.78 is 0. The molecule has 0 saturated carbocycles. The van der Waals surface area contributed by atoms with Gasteiger partial charge in [0.1, 0.15) is 0 Å². The molecule has 1 aliphatic heterocycles. The van der Waals surface area contributed by atoms with Gasteiger partial charge in [0.2, 0.25) is 5.91 Å². The number of nitrogens with zero attached hydrogens (tertiary/aromatic N) is 2. The number of amides is 2. The van der Waals surface area contributed by atoms with Crippen molar-refractivity contribution < 1.29 is 9.59 Å². The highest BCUT2D eigenvalue weighted by Crippen LogP contribution is 2.17. The molecule has 1 saturated heterocycles. The number of carbonyl (C=O) groups excluding carboxylic acids is 2. The second-order valence-electron chi connectivity index (χ2n) is 7.73. The normalized spacial score (nSPS) is 16.3. The summed E-state index contributed by atoms with van der Waals surface area (Å²) in [4.78, 5) is 30.2. The van der Waals surface area contributed by atoms with E-state index in [1.54, 1.807) is 26.2 Å². The molecule has 1 unspecified atom stereocenters. The standard InChI is InChI=1S/C24H31N5O2/c1-25-23(31)21-10-8-19(9-11-21)15-27-24(26-2)28-16-20-14-22(30)29(17-20)13-12-18-6-4-3-5-7-18/h3-11,20H,12-17H2,1-2H3,(H,25,31)(H2,26,27,28). The van der Waals surface area contributed by atoms with Gasteiger partial charge >= 0.3 is 0 Å². The van der Waals surface area contributed by atoms with Crippen LogP contribution < -0.4 is 16.0 Å². The van der Waals surface area contributed by atoms with E-state index in [0.29, 0.717) is 31.0 Å². The number of aliphatic imine (C=N–C) groups is 1. The highest BCUT2D eigenvalue weighted by Gasteiger charge is 2.29. The number of carbonyl (C=O) groups is 2. The minimum atomic E-state index is -0.0964. The Hall–Kier alpha value is -3.35. The van der Waals surface area contributed by atoms with Crippen LogP contribution in [0.3, 0.4) is 0 Å². The number of hydrogen-bond acceptors (Lipinski definition) is 3. The number of guanidine groups is 1. The third kappa shape index (κ3) is 6.57. The summed E-state index contributed by atoms with van der Waals surface area (Å²) in [5, 5.41) is 9.23. The minimum Gasteiger partial charge on any atom is -0.356 e. The molecular weight excluding hydrogens is 390 g/mol. The zero-order valence-corrected chi connectivity index (χ0v) is 18.2. The Bertz CT molecular complexity index is 896. The maximum absolute atomic E-state index is 12.4. The molecule has 0 bridgehead atoms. The molecule has 1 aliphatic rings. The van der Waals surface area contributed by atoms with Gasteiger partial charge in [-0.3, -0.25) is 14.6 Å². The summed E-state index contributed by atoms with van der Waals surface area (Å²) in [6.07, 6.45) is 1.45. The first kappa shape index (κ1) is 22.3. The van der Waals surface area contributed by atoms with Crippen molar-refractivity contribution in [3.8, 4) is 0 Å². The van der Waals surface area contributed by atoms with Gasteiger partial charge in [-0.05, 0) is 29.7 Å². The first-order valence-corrected chi connectivity index (χ1v) is 10.7. The third-order valence-corrected chi connectivity index (χ3v) is 5.49. The van der Waals surface area contributed by atoms with Gasteiger partial charge < -0.3 is 20.9 Å². The van der Waals surface area contributed by atoms with E-state index >= 15 is 0 Å². The molecule has 1 atom stereocenters. The Balaban J connectivity index is 1.41. The van der Waals surface area contributed by atoms with Gasteiger partial charge in [0.05, 0.1) is 0 Å². The Morgan fingerprint density at radius 3 is 2.48 bits per heavy atom. The number of nitrogens with one attached hydrogen (secondary N) is 3. The summed E-state index contributed by atoms with van der Waals surface area (Å²) in [7, 11) is 3.35. The SMILES string of the molecule is CN=C(NCc1ccc(C(=O)NC)cc1)NCC1CC(=O)N(CCc2ccccc2)C1. The van der Waals surface area contributed by atoms with Crippen LogP contribution in [-0.4, -0.2) is 56.4 Å². The van der Waals surface area contributed by atoms with Crippen LogP contribution in [0, 0.1) is 5.92 Å². The lowest BCUT2D eigenvalue weighted by Crippen LogP contribution is -2.40. The molecule has 2 aromatic rings. The fraction of sp³-hybridized carbons (Fsp3) is 0.375. The Kier molecular flexibility index (Phi) is 8.04. The van der Waals surface area contributed by atoms with E-state index < -0.39 is 0 Å². The number of likely N-dealkylation sites (tertiary alicyclic amines) is 1. The lowest BCUT2D eigenvalue weighted by molar-refractivity contribution is -0.127. The summed E-state index contributed by atoms with van der Waals surface area (Å²) in [6, 6.07) is 17.7. The van der Waals surface area contributed by atoms with Crippen molar-refractivity contribution in [1.82, 2.24) is 20.9 Å². The predicted octanol–water partition coefficient (Wildman–Crippen LogP) is 1.80. The lowest BCUT2D eigenvalue weighted by Gasteiger charge is -2.18. The minimum absolute atomic E-state index is 0.0964. The van der Waals surface area contributed by atoms with E-state index in [0.717, 1.165) is 25.1 Å². The third-order valence-electron chi connectivity index (χ3n) is 5.49. The van der Waals surface area contributed by atoms with Gasteiger partial charge in [-0.1, -0.05) is 42.5 Å². The van der Waals surface area contributed by atoms with Gasteiger partial charge in [0.25, 0.3) is 5.91 Å². The average molecular weight is 422 g/mol. The maximum Gasteiger partial charge on any atom is 0.251 e. The average Bonchev–Trinajstić information content (AvgIpc) is 3.17. The van der Waals surface area contributed by atoms with Gasteiger partial charge in [0, 0.05) is 58.2 Å². The van der Waals surface area contributed by atoms with Crippen LogP contribution in [-0.2, 0) is 17.8 Å². The van der Waals surface area contributed by atoms with Crippen molar-refractivity contribution in [3.63, 3.8) is 0 Å². The van der Waals surface area contributed by atoms with Gasteiger partial charge in [-0.25, -0.2) is 0 Å². The van der Waals surface area contributed by atoms with E-state index in [1.165, 1.54) is 5.56 Å². The van der Waals surface area contributed by atoms with Crippen LogP contribution in [0.2, 0.25) is 0 Å². The molecule has 0 aromatic heterocycles. The summed E-state index contributed by atoms with van der Waals surface area (Å²) in [5.41, 5.74) is 2.94.